The molecule has 118 valence electrons. The van der Waals surface area contributed by atoms with E-state index in [0.29, 0.717) is 24.5 Å². The van der Waals surface area contributed by atoms with Crippen molar-refractivity contribution in [3.63, 3.8) is 0 Å². The summed E-state index contributed by atoms with van der Waals surface area (Å²) in [5.41, 5.74) is 1.29. The first-order valence-electron chi connectivity index (χ1n) is 7.41. The number of nitrogens with zero attached hydrogens (tertiary/aromatic N) is 1. The third-order valence-electron chi connectivity index (χ3n) is 3.04. The highest BCUT2D eigenvalue weighted by Gasteiger charge is 2.11. The summed E-state index contributed by atoms with van der Waals surface area (Å²) in [6, 6.07) is 7.32. The molecule has 0 aromatic heterocycles. The Balaban J connectivity index is 2.51. The highest BCUT2D eigenvalue weighted by atomic mass is 16.5. The average molecular weight is 295 g/mol. The SMILES string of the molecule is CCCCOCC(O)COc1ccccc1/C(CC)=N/O. The number of oxime groups is 1. The molecule has 1 atom stereocenters. The number of para-hydroxylation sites is 1. The van der Waals surface area contributed by atoms with Gasteiger partial charge in [0.15, 0.2) is 0 Å². The molecule has 5 nitrogen and oxygen atoms in total. The second-order valence-corrected chi connectivity index (χ2v) is 4.79. The van der Waals surface area contributed by atoms with Crippen LogP contribution in [-0.4, -0.2) is 42.0 Å². The van der Waals surface area contributed by atoms with Crippen molar-refractivity contribution in [3.05, 3.63) is 29.8 Å². The summed E-state index contributed by atoms with van der Waals surface area (Å²) in [4.78, 5) is 0. The third kappa shape index (κ3) is 6.14. The van der Waals surface area contributed by atoms with Gasteiger partial charge in [-0.05, 0) is 25.0 Å². The third-order valence-corrected chi connectivity index (χ3v) is 3.04. The number of aliphatic hydroxyl groups is 1. The van der Waals surface area contributed by atoms with Gasteiger partial charge in [0, 0.05) is 12.2 Å². The Hall–Kier alpha value is -1.59. The van der Waals surface area contributed by atoms with Gasteiger partial charge in [0.1, 0.15) is 18.5 Å². The highest BCUT2D eigenvalue weighted by molar-refractivity contribution is 6.02. The number of hydrogen-bond acceptors (Lipinski definition) is 5. The number of ether oxygens (including phenoxy) is 2. The summed E-state index contributed by atoms with van der Waals surface area (Å²) in [6.45, 7) is 5.06. The zero-order valence-electron chi connectivity index (χ0n) is 12.8. The molecule has 0 bridgehead atoms. The van der Waals surface area contributed by atoms with Gasteiger partial charge >= 0.3 is 0 Å². The Morgan fingerprint density at radius 3 is 2.67 bits per heavy atom. The molecule has 2 N–H and O–H groups in total. The van der Waals surface area contributed by atoms with E-state index in [1.54, 1.807) is 6.07 Å². The van der Waals surface area contributed by atoms with E-state index in [1.165, 1.54) is 0 Å². The van der Waals surface area contributed by atoms with Crippen LogP contribution in [0.25, 0.3) is 0 Å². The average Bonchev–Trinajstić information content (AvgIpc) is 2.52. The second-order valence-electron chi connectivity index (χ2n) is 4.79. The molecule has 0 radical (unpaired) electrons. The van der Waals surface area contributed by atoms with E-state index < -0.39 is 6.10 Å². The maximum absolute atomic E-state index is 9.82. The Labute approximate surface area is 126 Å². The lowest BCUT2D eigenvalue weighted by molar-refractivity contribution is 0.0113. The minimum Gasteiger partial charge on any atom is -0.490 e. The predicted octanol–water partition coefficient (Wildman–Crippen LogP) is 2.83. The van der Waals surface area contributed by atoms with Crippen molar-refractivity contribution in [1.29, 1.82) is 0 Å². The van der Waals surface area contributed by atoms with Crippen LogP contribution in [0.2, 0.25) is 0 Å². The van der Waals surface area contributed by atoms with E-state index in [2.05, 4.69) is 12.1 Å². The number of unbranched alkanes of at least 4 members (excludes halogenated alkanes) is 1. The van der Waals surface area contributed by atoms with E-state index in [-0.39, 0.29) is 13.2 Å². The first-order chi connectivity index (χ1) is 10.2. The molecular weight excluding hydrogens is 270 g/mol. The molecule has 0 aliphatic carbocycles. The summed E-state index contributed by atoms with van der Waals surface area (Å²) in [7, 11) is 0. The lowest BCUT2D eigenvalue weighted by Gasteiger charge is -2.15. The van der Waals surface area contributed by atoms with Crippen LogP contribution in [0.1, 0.15) is 38.7 Å². The van der Waals surface area contributed by atoms with Gasteiger partial charge in [0.2, 0.25) is 0 Å². The summed E-state index contributed by atoms with van der Waals surface area (Å²) in [5, 5.41) is 22.1. The fourth-order valence-corrected chi connectivity index (χ4v) is 1.85. The topological polar surface area (TPSA) is 71.3 Å². The van der Waals surface area contributed by atoms with Crippen LogP contribution in [0, 0.1) is 0 Å². The molecular formula is C16H25NO4. The van der Waals surface area contributed by atoms with E-state index in [1.807, 2.05) is 25.1 Å². The summed E-state index contributed by atoms with van der Waals surface area (Å²) < 4.78 is 11.0. The number of rotatable bonds is 10. The van der Waals surface area contributed by atoms with Crippen molar-refractivity contribution in [1.82, 2.24) is 0 Å². The molecule has 1 rings (SSSR count). The van der Waals surface area contributed by atoms with Gasteiger partial charge in [-0.2, -0.15) is 0 Å². The van der Waals surface area contributed by atoms with Crippen LogP contribution in [0.4, 0.5) is 0 Å². The Morgan fingerprint density at radius 1 is 1.24 bits per heavy atom. The van der Waals surface area contributed by atoms with Gasteiger partial charge in [-0.25, -0.2) is 0 Å². The maximum atomic E-state index is 9.82. The Kier molecular flexibility index (Phi) is 8.47. The summed E-state index contributed by atoms with van der Waals surface area (Å²) >= 11 is 0. The number of benzene rings is 1. The van der Waals surface area contributed by atoms with Crippen molar-refractivity contribution in [2.45, 2.75) is 39.2 Å². The maximum Gasteiger partial charge on any atom is 0.128 e. The van der Waals surface area contributed by atoms with Crippen molar-refractivity contribution < 1.29 is 19.8 Å². The molecule has 0 amide bonds. The number of aliphatic hydroxyl groups excluding tert-OH is 1. The van der Waals surface area contributed by atoms with Crippen molar-refractivity contribution in [2.24, 2.45) is 5.16 Å². The van der Waals surface area contributed by atoms with Crippen LogP contribution in [0.3, 0.4) is 0 Å². The van der Waals surface area contributed by atoms with Gasteiger partial charge in [-0.3, -0.25) is 0 Å². The smallest absolute Gasteiger partial charge is 0.128 e. The van der Waals surface area contributed by atoms with Crippen LogP contribution in [0.15, 0.2) is 29.4 Å². The molecule has 0 heterocycles. The van der Waals surface area contributed by atoms with E-state index >= 15 is 0 Å². The Morgan fingerprint density at radius 2 is 2.00 bits per heavy atom. The first kappa shape index (κ1) is 17.5. The second kappa shape index (κ2) is 10.2. The van der Waals surface area contributed by atoms with Crippen molar-refractivity contribution in [2.75, 3.05) is 19.8 Å². The molecule has 1 aromatic rings. The molecule has 0 aliphatic rings. The van der Waals surface area contributed by atoms with Gasteiger partial charge in [-0.15, -0.1) is 0 Å². The van der Waals surface area contributed by atoms with Gasteiger partial charge in [-0.1, -0.05) is 37.6 Å². The molecule has 0 aliphatic heterocycles. The Bertz CT molecular complexity index is 434. The fraction of sp³-hybridized carbons (Fsp3) is 0.562. The van der Waals surface area contributed by atoms with Crippen molar-refractivity contribution >= 4 is 5.71 Å². The van der Waals surface area contributed by atoms with E-state index in [0.717, 1.165) is 18.4 Å². The summed E-state index contributed by atoms with van der Waals surface area (Å²) in [6.07, 6.45) is 1.98. The minimum atomic E-state index is -0.675. The van der Waals surface area contributed by atoms with Crippen molar-refractivity contribution in [3.8, 4) is 5.75 Å². The van der Waals surface area contributed by atoms with Gasteiger partial charge < -0.3 is 19.8 Å². The highest BCUT2D eigenvalue weighted by Crippen LogP contribution is 2.20. The zero-order chi connectivity index (χ0) is 15.5. The molecule has 21 heavy (non-hydrogen) atoms. The molecule has 5 heteroatoms. The molecule has 0 spiro atoms. The zero-order valence-corrected chi connectivity index (χ0v) is 12.8. The van der Waals surface area contributed by atoms with Crippen LogP contribution in [-0.2, 0) is 4.74 Å². The van der Waals surface area contributed by atoms with Crippen LogP contribution < -0.4 is 4.74 Å². The number of hydrogen-bond donors (Lipinski definition) is 2. The predicted molar refractivity (Wildman–Crippen MR) is 82.3 cm³/mol. The van der Waals surface area contributed by atoms with Crippen LogP contribution >= 0.6 is 0 Å². The van der Waals surface area contributed by atoms with Crippen LogP contribution in [0.5, 0.6) is 5.75 Å². The minimum absolute atomic E-state index is 0.144. The van der Waals surface area contributed by atoms with Gasteiger partial charge in [0.25, 0.3) is 0 Å². The molecule has 1 aromatic carbocycles. The van der Waals surface area contributed by atoms with E-state index in [9.17, 15) is 5.11 Å². The molecule has 1 unspecified atom stereocenters. The monoisotopic (exact) mass is 295 g/mol. The normalized spacial score (nSPS) is 13.2. The quantitative estimate of drug-likeness (QED) is 0.301. The lowest BCUT2D eigenvalue weighted by atomic mass is 10.1. The molecule has 0 saturated heterocycles. The van der Waals surface area contributed by atoms with Gasteiger partial charge in [0.05, 0.1) is 12.3 Å². The largest absolute Gasteiger partial charge is 0.490 e. The fourth-order valence-electron chi connectivity index (χ4n) is 1.85. The summed E-state index contributed by atoms with van der Waals surface area (Å²) in [5.74, 6) is 0.597. The van der Waals surface area contributed by atoms with E-state index in [4.69, 9.17) is 14.7 Å². The molecule has 0 saturated carbocycles. The molecule has 0 fully saturated rings. The lowest BCUT2D eigenvalue weighted by Crippen LogP contribution is -2.24. The first-order valence-corrected chi connectivity index (χ1v) is 7.41. The standard InChI is InChI=1S/C16H25NO4/c1-3-5-10-20-11-13(18)12-21-16-9-7-6-8-14(16)15(4-2)17-19/h6-9,13,18-19H,3-5,10-12H2,1-2H3/b17-15+.